The maximum atomic E-state index is 10.6. The number of fused-ring (bicyclic) bond motifs is 2. The molecule has 2 nitrogen and oxygen atoms in total. The van der Waals surface area contributed by atoms with Crippen molar-refractivity contribution in [3.8, 4) is 0 Å². The van der Waals surface area contributed by atoms with Crippen LogP contribution in [-0.4, -0.2) is 10.1 Å². The van der Waals surface area contributed by atoms with Gasteiger partial charge in [-0.15, -0.1) is 0 Å². The fraction of sp³-hybridized carbons (Fsp3) is 0.438. The van der Waals surface area contributed by atoms with Crippen molar-refractivity contribution in [2.75, 3.05) is 0 Å². The van der Waals surface area contributed by atoms with Gasteiger partial charge in [0.05, 0.1) is 6.10 Å². The summed E-state index contributed by atoms with van der Waals surface area (Å²) < 4.78 is 0. The molecule has 18 heavy (non-hydrogen) atoms. The van der Waals surface area contributed by atoms with Crippen LogP contribution in [0.25, 0.3) is 10.8 Å². The fourth-order valence-corrected chi connectivity index (χ4v) is 3.96. The Morgan fingerprint density at radius 3 is 2.83 bits per heavy atom. The molecule has 2 fully saturated rings. The Kier molecular flexibility index (Phi) is 2.21. The van der Waals surface area contributed by atoms with E-state index in [0.29, 0.717) is 5.92 Å². The normalized spacial score (nSPS) is 31.3. The minimum absolute atomic E-state index is 0.286. The highest BCUT2D eigenvalue weighted by molar-refractivity contribution is 5.85. The largest absolute Gasteiger partial charge is 0.388 e. The van der Waals surface area contributed by atoms with Gasteiger partial charge >= 0.3 is 0 Å². The van der Waals surface area contributed by atoms with Crippen molar-refractivity contribution in [3.63, 3.8) is 0 Å². The number of nitrogens with zero attached hydrogens (tertiary/aromatic N) is 1. The summed E-state index contributed by atoms with van der Waals surface area (Å²) in [6.07, 6.45) is 7.40. The van der Waals surface area contributed by atoms with Crippen molar-refractivity contribution in [1.29, 1.82) is 0 Å². The summed E-state index contributed by atoms with van der Waals surface area (Å²) in [5, 5.41) is 12.9. The topological polar surface area (TPSA) is 33.1 Å². The summed E-state index contributed by atoms with van der Waals surface area (Å²) in [5.74, 6) is 2.09. The van der Waals surface area contributed by atoms with Gasteiger partial charge in [-0.05, 0) is 47.6 Å². The highest BCUT2D eigenvalue weighted by Gasteiger charge is 2.55. The van der Waals surface area contributed by atoms with E-state index in [2.05, 4.69) is 17.1 Å². The molecule has 1 aromatic carbocycles. The number of hydrogen-bond acceptors (Lipinski definition) is 2. The molecule has 0 spiro atoms. The number of rotatable bonds is 2. The fourth-order valence-electron chi connectivity index (χ4n) is 3.96. The van der Waals surface area contributed by atoms with Crippen molar-refractivity contribution in [2.24, 2.45) is 17.8 Å². The summed E-state index contributed by atoms with van der Waals surface area (Å²) in [4.78, 5) is 4.15. The lowest BCUT2D eigenvalue weighted by Gasteiger charge is -2.15. The maximum Gasteiger partial charge on any atom is 0.0829 e. The van der Waals surface area contributed by atoms with E-state index in [1.807, 2.05) is 24.5 Å². The van der Waals surface area contributed by atoms with Gasteiger partial charge in [0.15, 0.2) is 0 Å². The third-order valence-corrected chi connectivity index (χ3v) is 4.87. The second-order valence-electron chi connectivity index (χ2n) is 5.72. The molecular weight excluding hydrogens is 222 g/mol. The quantitative estimate of drug-likeness (QED) is 0.872. The molecule has 2 heteroatoms. The molecule has 1 heterocycles. The number of aliphatic hydroxyl groups excluding tert-OH is 1. The molecule has 1 aromatic heterocycles. The predicted octanol–water partition coefficient (Wildman–Crippen LogP) is 3.31. The molecule has 1 N–H and O–H groups in total. The van der Waals surface area contributed by atoms with Crippen LogP contribution >= 0.6 is 0 Å². The minimum Gasteiger partial charge on any atom is -0.388 e. The standard InChI is InChI=1S/C16H17NO/c18-16(15-12-4-2-5-13(12)15)14-6-1-3-10-9-17-8-7-11(10)14/h1,3,6-9,12-13,15-16,18H,2,4-5H2. The van der Waals surface area contributed by atoms with Crippen molar-refractivity contribution >= 4 is 10.8 Å². The third kappa shape index (κ3) is 1.42. The van der Waals surface area contributed by atoms with E-state index >= 15 is 0 Å². The molecule has 92 valence electrons. The molecule has 0 radical (unpaired) electrons. The molecular formula is C16H17NO. The molecule has 3 atom stereocenters. The number of aromatic nitrogens is 1. The first-order valence-corrected chi connectivity index (χ1v) is 6.87. The lowest BCUT2D eigenvalue weighted by Crippen LogP contribution is -2.05. The van der Waals surface area contributed by atoms with Crippen molar-refractivity contribution in [3.05, 3.63) is 42.2 Å². The summed E-state index contributed by atoms with van der Waals surface area (Å²) in [6.45, 7) is 0. The zero-order chi connectivity index (χ0) is 12.1. The predicted molar refractivity (Wildman–Crippen MR) is 71.0 cm³/mol. The van der Waals surface area contributed by atoms with E-state index in [-0.39, 0.29) is 6.10 Å². The van der Waals surface area contributed by atoms with Crippen molar-refractivity contribution < 1.29 is 5.11 Å². The molecule has 4 rings (SSSR count). The van der Waals surface area contributed by atoms with Gasteiger partial charge in [-0.25, -0.2) is 0 Å². The molecule has 0 saturated heterocycles. The van der Waals surface area contributed by atoms with E-state index in [9.17, 15) is 5.11 Å². The zero-order valence-electron chi connectivity index (χ0n) is 10.3. The molecule has 0 amide bonds. The smallest absolute Gasteiger partial charge is 0.0829 e. The van der Waals surface area contributed by atoms with Crippen LogP contribution in [0.15, 0.2) is 36.7 Å². The van der Waals surface area contributed by atoms with Crippen LogP contribution in [0.4, 0.5) is 0 Å². The maximum absolute atomic E-state index is 10.6. The van der Waals surface area contributed by atoms with Gasteiger partial charge < -0.3 is 5.11 Å². The average Bonchev–Trinajstić information content (AvgIpc) is 2.90. The third-order valence-electron chi connectivity index (χ3n) is 4.87. The van der Waals surface area contributed by atoms with Gasteiger partial charge in [0.2, 0.25) is 0 Å². The average molecular weight is 239 g/mol. The van der Waals surface area contributed by atoms with E-state index in [0.717, 1.165) is 28.2 Å². The first-order chi connectivity index (χ1) is 8.86. The number of pyridine rings is 1. The molecule has 2 saturated carbocycles. The minimum atomic E-state index is -0.286. The monoisotopic (exact) mass is 239 g/mol. The first-order valence-electron chi connectivity index (χ1n) is 6.87. The summed E-state index contributed by atoms with van der Waals surface area (Å²) >= 11 is 0. The van der Waals surface area contributed by atoms with E-state index < -0.39 is 0 Å². The Balaban J connectivity index is 1.74. The SMILES string of the molecule is OC(c1cccc2cnccc12)C1C2CCCC21. The van der Waals surface area contributed by atoms with Gasteiger partial charge in [-0.3, -0.25) is 4.98 Å². The van der Waals surface area contributed by atoms with Gasteiger partial charge in [0.1, 0.15) is 0 Å². The van der Waals surface area contributed by atoms with Gasteiger partial charge in [-0.2, -0.15) is 0 Å². The molecule has 2 aromatic rings. The highest BCUT2D eigenvalue weighted by atomic mass is 16.3. The zero-order valence-corrected chi connectivity index (χ0v) is 10.3. The lowest BCUT2D eigenvalue weighted by molar-refractivity contribution is 0.138. The van der Waals surface area contributed by atoms with Gasteiger partial charge in [0, 0.05) is 17.8 Å². The highest BCUT2D eigenvalue weighted by Crippen LogP contribution is 2.62. The van der Waals surface area contributed by atoms with Crippen LogP contribution < -0.4 is 0 Å². The van der Waals surface area contributed by atoms with Crippen LogP contribution in [0.2, 0.25) is 0 Å². The molecule has 0 bridgehead atoms. The number of aliphatic hydroxyl groups is 1. The van der Waals surface area contributed by atoms with Gasteiger partial charge in [0.25, 0.3) is 0 Å². The van der Waals surface area contributed by atoms with Crippen LogP contribution in [0.1, 0.15) is 30.9 Å². The summed E-state index contributed by atoms with van der Waals surface area (Å²) in [6, 6.07) is 8.18. The summed E-state index contributed by atoms with van der Waals surface area (Å²) in [5.41, 5.74) is 1.09. The first kappa shape index (κ1) is 10.5. The van der Waals surface area contributed by atoms with Crippen LogP contribution in [0.3, 0.4) is 0 Å². The Hall–Kier alpha value is -1.41. The second-order valence-corrected chi connectivity index (χ2v) is 5.72. The Labute approximate surface area is 107 Å². The number of hydrogen-bond donors (Lipinski definition) is 1. The Morgan fingerprint density at radius 2 is 2.00 bits per heavy atom. The van der Waals surface area contributed by atoms with Crippen LogP contribution in [-0.2, 0) is 0 Å². The molecule has 2 aliphatic carbocycles. The van der Waals surface area contributed by atoms with Crippen LogP contribution in [0, 0.1) is 17.8 Å². The summed E-state index contributed by atoms with van der Waals surface area (Å²) in [7, 11) is 0. The molecule has 0 aliphatic heterocycles. The van der Waals surface area contributed by atoms with E-state index in [1.165, 1.54) is 19.3 Å². The second kappa shape index (κ2) is 3.79. The Bertz CT molecular complexity index is 579. The molecule has 2 aliphatic rings. The lowest BCUT2D eigenvalue weighted by atomic mass is 9.95. The van der Waals surface area contributed by atoms with Crippen molar-refractivity contribution in [2.45, 2.75) is 25.4 Å². The van der Waals surface area contributed by atoms with Gasteiger partial charge in [-0.1, -0.05) is 24.6 Å². The van der Waals surface area contributed by atoms with E-state index in [4.69, 9.17) is 0 Å². The Morgan fingerprint density at radius 1 is 1.17 bits per heavy atom. The van der Waals surface area contributed by atoms with Crippen molar-refractivity contribution in [1.82, 2.24) is 4.98 Å². The number of benzene rings is 1. The van der Waals surface area contributed by atoms with E-state index in [1.54, 1.807) is 0 Å². The van der Waals surface area contributed by atoms with Crippen LogP contribution in [0.5, 0.6) is 0 Å². The molecule has 3 unspecified atom stereocenters.